The third-order valence-electron chi connectivity index (χ3n) is 7.65. The molecule has 0 aliphatic heterocycles. The van der Waals surface area contributed by atoms with Crippen molar-refractivity contribution in [3.05, 3.63) is 167 Å². The number of carbonyl (C=O) groups excluding carboxylic acids is 1. The first-order chi connectivity index (χ1) is 19.7. The molecule has 0 saturated heterocycles. The Labute approximate surface area is 233 Å². The van der Waals surface area contributed by atoms with Gasteiger partial charge in [-0.25, -0.2) is 0 Å². The molecule has 0 fully saturated rings. The highest BCUT2D eigenvalue weighted by Crippen LogP contribution is 2.51. The van der Waals surface area contributed by atoms with Crippen LogP contribution in [0.1, 0.15) is 32.6 Å². The molecule has 2 heteroatoms. The van der Waals surface area contributed by atoms with E-state index in [2.05, 4.69) is 24.0 Å². The minimum Gasteiger partial charge on any atom is -0.369 e. The molecule has 1 atom stereocenters. The number of aliphatic hydroxyl groups is 1. The van der Waals surface area contributed by atoms with Gasteiger partial charge in [-0.3, -0.25) is 4.79 Å². The van der Waals surface area contributed by atoms with E-state index in [1.165, 1.54) is 0 Å². The molecule has 0 heterocycles. The Morgan fingerprint density at radius 2 is 1.02 bits per heavy atom. The number of carbonyl (C=O) groups is 1. The molecule has 0 aromatic heterocycles. The van der Waals surface area contributed by atoms with Gasteiger partial charge in [0.2, 0.25) is 0 Å². The van der Waals surface area contributed by atoms with Crippen molar-refractivity contribution in [3.8, 4) is 34.1 Å². The van der Waals surface area contributed by atoms with E-state index in [1.807, 2.05) is 121 Å². The van der Waals surface area contributed by atoms with Gasteiger partial charge in [0.15, 0.2) is 11.4 Å². The Kier molecular flexibility index (Phi) is 5.67. The van der Waals surface area contributed by atoms with Gasteiger partial charge in [0.1, 0.15) is 0 Å². The zero-order valence-corrected chi connectivity index (χ0v) is 21.6. The summed E-state index contributed by atoms with van der Waals surface area (Å²) in [6.07, 6.45) is 0. The topological polar surface area (TPSA) is 37.3 Å². The molecule has 40 heavy (non-hydrogen) atoms. The van der Waals surface area contributed by atoms with E-state index in [0.717, 1.165) is 38.6 Å². The monoisotopic (exact) mass is 512 g/mol. The van der Waals surface area contributed by atoms with Crippen LogP contribution in [0.2, 0.25) is 0 Å². The molecular formula is C38H24O2. The average molecular weight is 513 g/mol. The first-order valence-electron chi connectivity index (χ1n) is 13.3. The zero-order chi connectivity index (χ0) is 27.1. The predicted octanol–water partition coefficient (Wildman–Crippen LogP) is 8.01. The standard InChI is InChI=1S/C38H24O2/c39-37-31-22-12-13-23-32(31)38(40,25-24-26-14-4-1-5-15-26)36-34(28-18-8-3-9-19-28)30-21-11-10-20-29(30)33(35(36)37)27-16-6-2-7-17-27/h1-23,40H/t38-/m0/s1. The first kappa shape index (κ1) is 23.9. The van der Waals surface area contributed by atoms with Crippen LogP contribution in [0, 0.1) is 11.8 Å². The number of hydrogen-bond acceptors (Lipinski definition) is 2. The average Bonchev–Trinajstić information content (AvgIpc) is 3.03. The fraction of sp³-hybridized carbons (Fsp3) is 0.0263. The Bertz CT molecular complexity index is 1960. The predicted molar refractivity (Wildman–Crippen MR) is 161 cm³/mol. The van der Waals surface area contributed by atoms with Crippen LogP contribution in [-0.4, -0.2) is 10.9 Å². The van der Waals surface area contributed by atoms with E-state index in [9.17, 15) is 9.90 Å². The van der Waals surface area contributed by atoms with Crippen LogP contribution in [0.5, 0.6) is 0 Å². The second-order valence-electron chi connectivity index (χ2n) is 9.98. The third-order valence-corrected chi connectivity index (χ3v) is 7.65. The molecule has 0 bridgehead atoms. The first-order valence-corrected chi connectivity index (χ1v) is 13.3. The molecule has 6 aromatic rings. The molecular weight excluding hydrogens is 488 g/mol. The molecule has 0 saturated carbocycles. The number of benzene rings is 6. The summed E-state index contributed by atoms with van der Waals surface area (Å²) in [4.78, 5) is 14.5. The Hall–Kier alpha value is -5.23. The molecule has 6 aromatic carbocycles. The van der Waals surface area contributed by atoms with Gasteiger partial charge >= 0.3 is 0 Å². The number of ketones is 1. The van der Waals surface area contributed by atoms with Gasteiger partial charge in [0.25, 0.3) is 0 Å². The Balaban J connectivity index is 1.71. The SMILES string of the molecule is O=C1c2ccccc2[C@@](O)(C#Cc2ccccc2)c2c1c(-c1ccccc1)c1ccccc1c2-c1ccccc1. The lowest BCUT2D eigenvalue weighted by molar-refractivity contribution is 0.0982. The number of rotatable bonds is 2. The van der Waals surface area contributed by atoms with Gasteiger partial charge in [-0.05, 0) is 39.6 Å². The van der Waals surface area contributed by atoms with E-state index < -0.39 is 5.60 Å². The van der Waals surface area contributed by atoms with Crippen LogP contribution < -0.4 is 0 Å². The van der Waals surface area contributed by atoms with Gasteiger partial charge in [-0.15, -0.1) is 0 Å². The molecule has 0 amide bonds. The van der Waals surface area contributed by atoms with Gasteiger partial charge in [0, 0.05) is 33.4 Å². The summed E-state index contributed by atoms with van der Waals surface area (Å²) in [5, 5.41) is 14.8. The second kappa shape index (κ2) is 9.50. The van der Waals surface area contributed by atoms with Crippen molar-refractivity contribution in [1.29, 1.82) is 0 Å². The van der Waals surface area contributed by atoms with E-state index in [1.54, 1.807) is 6.07 Å². The number of fused-ring (bicyclic) bond motifs is 3. The summed E-state index contributed by atoms with van der Waals surface area (Å²) < 4.78 is 0. The second-order valence-corrected chi connectivity index (χ2v) is 9.98. The molecule has 1 aliphatic rings. The van der Waals surface area contributed by atoms with E-state index in [4.69, 9.17) is 0 Å². The summed E-state index contributed by atoms with van der Waals surface area (Å²) in [6.45, 7) is 0. The highest BCUT2D eigenvalue weighted by atomic mass is 16.3. The summed E-state index contributed by atoms with van der Waals surface area (Å²) >= 11 is 0. The maximum Gasteiger partial charge on any atom is 0.194 e. The van der Waals surface area contributed by atoms with Crippen LogP contribution in [0.3, 0.4) is 0 Å². The Morgan fingerprint density at radius 3 is 1.68 bits per heavy atom. The lowest BCUT2D eigenvalue weighted by Crippen LogP contribution is -2.36. The summed E-state index contributed by atoms with van der Waals surface area (Å²) in [5.74, 6) is 6.37. The van der Waals surface area contributed by atoms with Crippen molar-refractivity contribution in [2.24, 2.45) is 0 Å². The fourth-order valence-corrected chi connectivity index (χ4v) is 5.92. The molecule has 0 radical (unpaired) electrons. The minimum absolute atomic E-state index is 0.112. The molecule has 0 spiro atoms. The van der Waals surface area contributed by atoms with Crippen molar-refractivity contribution in [1.82, 2.24) is 0 Å². The Morgan fingerprint density at radius 1 is 0.525 bits per heavy atom. The number of hydrogen-bond donors (Lipinski definition) is 1. The van der Waals surface area contributed by atoms with E-state index >= 15 is 0 Å². The molecule has 188 valence electrons. The summed E-state index contributed by atoms with van der Waals surface area (Å²) in [5.41, 5.74) is 4.50. The van der Waals surface area contributed by atoms with Gasteiger partial charge in [-0.2, -0.15) is 0 Å². The van der Waals surface area contributed by atoms with Crippen LogP contribution in [0.15, 0.2) is 140 Å². The minimum atomic E-state index is -1.74. The molecule has 1 aliphatic carbocycles. The van der Waals surface area contributed by atoms with Crippen molar-refractivity contribution < 1.29 is 9.90 Å². The van der Waals surface area contributed by atoms with Gasteiger partial charge in [-0.1, -0.05) is 139 Å². The van der Waals surface area contributed by atoms with E-state index in [0.29, 0.717) is 22.3 Å². The van der Waals surface area contributed by atoms with Gasteiger partial charge < -0.3 is 5.11 Å². The maximum atomic E-state index is 14.5. The normalized spacial score (nSPS) is 15.6. The zero-order valence-electron chi connectivity index (χ0n) is 21.6. The third kappa shape index (κ3) is 3.68. The van der Waals surface area contributed by atoms with Crippen LogP contribution in [0.25, 0.3) is 33.0 Å². The maximum absolute atomic E-state index is 14.5. The smallest absolute Gasteiger partial charge is 0.194 e. The molecule has 0 unspecified atom stereocenters. The van der Waals surface area contributed by atoms with Crippen molar-refractivity contribution in [2.45, 2.75) is 5.60 Å². The van der Waals surface area contributed by atoms with E-state index in [-0.39, 0.29) is 5.78 Å². The van der Waals surface area contributed by atoms with Gasteiger partial charge in [0.05, 0.1) is 0 Å². The molecule has 7 rings (SSSR count). The van der Waals surface area contributed by atoms with Crippen molar-refractivity contribution in [2.75, 3.05) is 0 Å². The fourth-order valence-electron chi connectivity index (χ4n) is 5.92. The van der Waals surface area contributed by atoms with Crippen LogP contribution >= 0.6 is 0 Å². The van der Waals surface area contributed by atoms with Crippen molar-refractivity contribution >= 4 is 16.6 Å². The van der Waals surface area contributed by atoms with Crippen LogP contribution in [-0.2, 0) is 5.60 Å². The quantitative estimate of drug-likeness (QED) is 0.239. The highest BCUT2D eigenvalue weighted by Gasteiger charge is 2.45. The van der Waals surface area contributed by atoms with Crippen LogP contribution in [0.4, 0.5) is 0 Å². The highest BCUT2D eigenvalue weighted by molar-refractivity contribution is 6.23. The lowest BCUT2D eigenvalue weighted by Gasteiger charge is -2.36. The molecule has 2 nitrogen and oxygen atoms in total. The lowest BCUT2D eigenvalue weighted by atomic mass is 9.68. The summed E-state index contributed by atoms with van der Waals surface area (Å²) in [6, 6.07) is 45.0. The summed E-state index contributed by atoms with van der Waals surface area (Å²) in [7, 11) is 0. The largest absolute Gasteiger partial charge is 0.369 e. The van der Waals surface area contributed by atoms with Crippen molar-refractivity contribution in [3.63, 3.8) is 0 Å². The molecule has 1 N–H and O–H groups in total.